The molecule has 0 bridgehead atoms. The molecule has 0 saturated carbocycles. The Kier molecular flexibility index (Phi) is 7.27. The van der Waals surface area contributed by atoms with Crippen LogP contribution in [0.25, 0.3) is 11.1 Å². The maximum Gasteiger partial charge on any atom is 0.410 e. The summed E-state index contributed by atoms with van der Waals surface area (Å²) >= 11 is 1.67. The molecule has 4 rings (SSSR count). The normalized spacial score (nSPS) is 13.0. The third-order valence-corrected chi connectivity index (χ3v) is 6.28. The van der Waals surface area contributed by atoms with Gasteiger partial charge in [0.25, 0.3) is 0 Å². The van der Waals surface area contributed by atoms with Crippen LogP contribution in [-0.4, -0.2) is 48.6 Å². The summed E-state index contributed by atoms with van der Waals surface area (Å²) in [5.41, 5.74) is 3.50. The molecular formula is C26H25NO6S. The van der Waals surface area contributed by atoms with Crippen molar-refractivity contribution in [1.29, 1.82) is 0 Å². The van der Waals surface area contributed by atoms with Crippen LogP contribution in [0.2, 0.25) is 0 Å². The molecule has 1 amide bonds. The van der Waals surface area contributed by atoms with Crippen molar-refractivity contribution in [3.63, 3.8) is 0 Å². The molecule has 3 aromatic carbocycles. The number of methoxy groups -OCH3 is 1. The first-order valence-corrected chi connectivity index (χ1v) is 12.0. The summed E-state index contributed by atoms with van der Waals surface area (Å²) in [5.74, 6) is 0.512. The van der Waals surface area contributed by atoms with E-state index in [9.17, 15) is 9.59 Å². The standard InChI is InChI=1S/C26H25NO6S/c1-31-22-9-7-17(14-25(28)29)13-23(22)33-21-10-8-18(20-5-3-4-6-24(20)34-2)15-19(21)16-27-11-12-32-26(27)30/h3-10,13,15H,11-12,14,16H2,1-2H3,(H,28,29). The monoisotopic (exact) mass is 479 g/mol. The molecule has 1 N–H and O–H groups in total. The Bertz CT molecular complexity index is 1210. The SMILES string of the molecule is COc1ccc(CC(=O)O)cc1Oc1ccc(-c2ccccc2SC)cc1CN1CCOC1=O. The predicted molar refractivity (Wildman–Crippen MR) is 130 cm³/mol. The van der Waals surface area contributed by atoms with Crippen LogP contribution < -0.4 is 9.47 Å². The molecule has 0 unspecified atom stereocenters. The molecule has 0 atom stereocenters. The number of benzene rings is 3. The van der Waals surface area contributed by atoms with Gasteiger partial charge >= 0.3 is 12.1 Å². The van der Waals surface area contributed by atoms with Crippen molar-refractivity contribution in [2.75, 3.05) is 26.5 Å². The third-order valence-electron chi connectivity index (χ3n) is 5.49. The Morgan fingerprint density at radius 1 is 1.09 bits per heavy atom. The minimum Gasteiger partial charge on any atom is -0.493 e. The molecular weight excluding hydrogens is 454 g/mol. The number of hydrogen-bond acceptors (Lipinski definition) is 6. The summed E-state index contributed by atoms with van der Waals surface area (Å²) in [6.45, 7) is 1.18. The summed E-state index contributed by atoms with van der Waals surface area (Å²) in [7, 11) is 1.53. The van der Waals surface area contributed by atoms with Crippen molar-refractivity contribution in [2.24, 2.45) is 0 Å². The van der Waals surface area contributed by atoms with Crippen molar-refractivity contribution >= 4 is 23.8 Å². The van der Waals surface area contributed by atoms with Crippen molar-refractivity contribution in [2.45, 2.75) is 17.9 Å². The second-order valence-electron chi connectivity index (χ2n) is 7.72. The van der Waals surface area contributed by atoms with E-state index in [1.54, 1.807) is 34.9 Å². The molecule has 1 fully saturated rings. The predicted octanol–water partition coefficient (Wildman–Crippen LogP) is 5.46. The van der Waals surface area contributed by atoms with E-state index in [4.69, 9.17) is 19.3 Å². The molecule has 34 heavy (non-hydrogen) atoms. The zero-order valence-electron chi connectivity index (χ0n) is 18.9. The van der Waals surface area contributed by atoms with E-state index in [-0.39, 0.29) is 12.5 Å². The molecule has 7 nitrogen and oxygen atoms in total. The molecule has 0 aromatic heterocycles. The van der Waals surface area contributed by atoms with Gasteiger partial charge in [-0.25, -0.2) is 4.79 Å². The number of carbonyl (C=O) groups is 2. The van der Waals surface area contributed by atoms with Crippen LogP contribution in [0.15, 0.2) is 65.6 Å². The average molecular weight is 480 g/mol. The number of carbonyl (C=O) groups excluding carboxylic acids is 1. The first kappa shape index (κ1) is 23.5. The number of carboxylic acid groups (broad SMARTS) is 1. The summed E-state index contributed by atoms with van der Waals surface area (Å²) in [6.07, 6.45) is 1.55. The number of ether oxygens (including phenoxy) is 3. The van der Waals surface area contributed by atoms with Gasteiger partial charge in [-0.3, -0.25) is 4.79 Å². The molecule has 3 aromatic rings. The quantitative estimate of drug-likeness (QED) is 0.408. The van der Waals surface area contributed by atoms with E-state index < -0.39 is 5.97 Å². The van der Waals surface area contributed by atoms with E-state index in [0.29, 0.717) is 42.5 Å². The topological polar surface area (TPSA) is 85.3 Å². The second kappa shape index (κ2) is 10.5. The molecule has 176 valence electrons. The first-order chi connectivity index (χ1) is 16.5. The fraction of sp³-hybridized carbons (Fsp3) is 0.231. The summed E-state index contributed by atoms with van der Waals surface area (Å²) < 4.78 is 16.8. The van der Waals surface area contributed by atoms with Crippen molar-refractivity contribution in [3.05, 3.63) is 71.8 Å². The van der Waals surface area contributed by atoms with Gasteiger partial charge in [0.1, 0.15) is 12.4 Å². The van der Waals surface area contributed by atoms with Crippen molar-refractivity contribution in [1.82, 2.24) is 4.90 Å². The Morgan fingerprint density at radius 2 is 1.88 bits per heavy atom. The van der Waals surface area contributed by atoms with E-state index in [1.165, 1.54) is 7.11 Å². The second-order valence-corrected chi connectivity index (χ2v) is 8.56. The zero-order chi connectivity index (χ0) is 24.1. The molecule has 1 aliphatic rings. The van der Waals surface area contributed by atoms with Crippen LogP contribution in [0.5, 0.6) is 17.2 Å². The fourth-order valence-electron chi connectivity index (χ4n) is 3.83. The van der Waals surface area contributed by atoms with Crippen LogP contribution in [0.1, 0.15) is 11.1 Å². The highest BCUT2D eigenvalue weighted by Gasteiger charge is 2.24. The third kappa shape index (κ3) is 5.28. The maximum atomic E-state index is 12.1. The highest BCUT2D eigenvalue weighted by Crippen LogP contribution is 2.38. The zero-order valence-corrected chi connectivity index (χ0v) is 19.8. The van der Waals surface area contributed by atoms with E-state index >= 15 is 0 Å². The Morgan fingerprint density at radius 3 is 2.59 bits per heavy atom. The largest absolute Gasteiger partial charge is 0.493 e. The fourth-order valence-corrected chi connectivity index (χ4v) is 4.45. The van der Waals surface area contributed by atoms with Crippen LogP contribution in [0.3, 0.4) is 0 Å². The summed E-state index contributed by atoms with van der Waals surface area (Å²) in [6, 6.07) is 19.0. The number of thioether (sulfide) groups is 1. The summed E-state index contributed by atoms with van der Waals surface area (Å²) in [5, 5.41) is 9.16. The number of cyclic esters (lactones) is 1. The van der Waals surface area contributed by atoms with E-state index in [0.717, 1.165) is 21.6 Å². The highest BCUT2D eigenvalue weighted by atomic mass is 32.2. The molecule has 0 radical (unpaired) electrons. The van der Waals surface area contributed by atoms with Gasteiger partial charge in [0, 0.05) is 10.5 Å². The van der Waals surface area contributed by atoms with Gasteiger partial charge in [0.15, 0.2) is 11.5 Å². The smallest absolute Gasteiger partial charge is 0.410 e. The summed E-state index contributed by atoms with van der Waals surface area (Å²) in [4.78, 5) is 26.1. The van der Waals surface area contributed by atoms with Gasteiger partial charge in [-0.2, -0.15) is 0 Å². The van der Waals surface area contributed by atoms with Gasteiger partial charge in [-0.1, -0.05) is 30.3 Å². The number of nitrogens with zero attached hydrogens (tertiary/aromatic N) is 1. The van der Waals surface area contributed by atoms with Crippen molar-refractivity contribution < 1.29 is 28.9 Å². The average Bonchev–Trinajstić information content (AvgIpc) is 3.24. The molecule has 0 spiro atoms. The number of amides is 1. The van der Waals surface area contributed by atoms with Gasteiger partial charge in [-0.05, 0) is 53.3 Å². The number of carboxylic acids is 1. The van der Waals surface area contributed by atoms with E-state index in [2.05, 4.69) is 12.1 Å². The molecule has 1 heterocycles. The Balaban J connectivity index is 1.74. The van der Waals surface area contributed by atoms with Gasteiger partial charge in [-0.15, -0.1) is 11.8 Å². The van der Waals surface area contributed by atoms with Crippen LogP contribution >= 0.6 is 11.8 Å². The Hall–Kier alpha value is -3.65. The first-order valence-electron chi connectivity index (χ1n) is 10.7. The van der Waals surface area contributed by atoms with Crippen LogP contribution in [0.4, 0.5) is 4.79 Å². The lowest BCUT2D eigenvalue weighted by Gasteiger charge is -2.19. The molecule has 0 aliphatic carbocycles. The minimum absolute atomic E-state index is 0.128. The van der Waals surface area contributed by atoms with E-state index in [1.807, 2.05) is 36.6 Å². The van der Waals surface area contributed by atoms with Gasteiger partial charge in [0.05, 0.1) is 26.6 Å². The lowest BCUT2D eigenvalue weighted by Crippen LogP contribution is -2.23. The lowest BCUT2D eigenvalue weighted by atomic mass is 10.0. The maximum absolute atomic E-state index is 12.1. The van der Waals surface area contributed by atoms with Crippen molar-refractivity contribution in [3.8, 4) is 28.4 Å². The minimum atomic E-state index is -0.929. The number of aliphatic carboxylic acids is 1. The number of hydrogen-bond donors (Lipinski definition) is 1. The highest BCUT2D eigenvalue weighted by molar-refractivity contribution is 7.98. The molecule has 1 saturated heterocycles. The Labute approximate surface area is 202 Å². The molecule has 8 heteroatoms. The number of rotatable bonds is 9. The van der Waals surface area contributed by atoms with Gasteiger partial charge < -0.3 is 24.2 Å². The van der Waals surface area contributed by atoms with Gasteiger partial charge in [0.2, 0.25) is 0 Å². The molecule has 1 aliphatic heterocycles. The van der Waals surface area contributed by atoms with Crippen LogP contribution in [0, 0.1) is 0 Å². The van der Waals surface area contributed by atoms with Crippen LogP contribution in [-0.2, 0) is 22.5 Å². The lowest BCUT2D eigenvalue weighted by molar-refractivity contribution is -0.136.